The molecule has 0 spiro atoms. The SMILES string of the molecule is COc1cc(CCC(=O)O)cc(C(F)(F)F)c1O. The van der Waals surface area contributed by atoms with Gasteiger partial charge in [0.1, 0.15) is 5.56 Å². The van der Waals surface area contributed by atoms with E-state index in [0.717, 1.165) is 13.2 Å². The Labute approximate surface area is 101 Å². The molecule has 0 radical (unpaired) electrons. The van der Waals surface area contributed by atoms with E-state index in [1.54, 1.807) is 0 Å². The van der Waals surface area contributed by atoms with Crippen LogP contribution in [-0.4, -0.2) is 23.3 Å². The van der Waals surface area contributed by atoms with Crippen molar-refractivity contribution in [3.8, 4) is 11.5 Å². The second-order valence-corrected chi connectivity index (χ2v) is 3.59. The average molecular weight is 264 g/mol. The second-order valence-electron chi connectivity index (χ2n) is 3.59. The number of aryl methyl sites for hydroxylation is 1. The molecular formula is C11H11F3O4. The highest BCUT2D eigenvalue weighted by molar-refractivity contribution is 5.67. The smallest absolute Gasteiger partial charge is 0.420 e. The summed E-state index contributed by atoms with van der Waals surface area (Å²) in [7, 11) is 1.12. The van der Waals surface area contributed by atoms with Gasteiger partial charge in [-0.05, 0) is 24.1 Å². The number of phenolic OH excluding ortho intramolecular Hbond substituents is 1. The highest BCUT2D eigenvalue weighted by Gasteiger charge is 2.35. The molecule has 0 unspecified atom stereocenters. The minimum absolute atomic E-state index is 0.0744. The maximum Gasteiger partial charge on any atom is 0.420 e. The van der Waals surface area contributed by atoms with Gasteiger partial charge in [-0.2, -0.15) is 13.2 Å². The molecule has 1 aromatic carbocycles. The van der Waals surface area contributed by atoms with E-state index in [4.69, 9.17) is 5.11 Å². The lowest BCUT2D eigenvalue weighted by Gasteiger charge is -2.14. The van der Waals surface area contributed by atoms with E-state index in [-0.39, 0.29) is 24.2 Å². The van der Waals surface area contributed by atoms with Gasteiger partial charge >= 0.3 is 12.1 Å². The fourth-order valence-corrected chi connectivity index (χ4v) is 1.43. The van der Waals surface area contributed by atoms with Crippen LogP contribution in [0, 0.1) is 0 Å². The van der Waals surface area contributed by atoms with Crippen LogP contribution in [-0.2, 0) is 17.4 Å². The van der Waals surface area contributed by atoms with Crippen LogP contribution >= 0.6 is 0 Å². The number of ether oxygens (including phenoxy) is 1. The summed E-state index contributed by atoms with van der Waals surface area (Å²) in [5.74, 6) is -2.44. The fourth-order valence-electron chi connectivity index (χ4n) is 1.43. The van der Waals surface area contributed by atoms with Gasteiger partial charge in [0.15, 0.2) is 11.5 Å². The number of carbonyl (C=O) groups is 1. The Morgan fingerprint density at radius 3 is 2.44 bits per heavy atom. The Hall–Kier alpha value is -1.92. The van der Waals surface area contributed by atoms with E-state index >= 15 is 0 Å². The maximum absolute atomic E-state index is 12.6. The first-order chi connectivity index (χ1) is 8.25. The molecule has 0 saturated carbocycles. The first-order valence-corrected chi connectivity index (χ1v) is 4.94. The summed E-state index contributed by atoms with van der Waals surface area (Å²) in [6.45, 7) is 0. The molecule has 7 heteroatoms. The summed E-state index contributed by atoms with van der Waals surface area (Å²) in [5, 5.41) is 17.8. The molecule has 100 valence electrons. The highest BCUT2D eigenvalue weighted by atomic mass is 19.4. The average Bonchev–Trinajstić information content (AvgIpc) is 2.25. The summed E-state index contributed by atoms with van der Waals surface area (Å²) in [4.78, 5) is 10.4. The summed E-state index contributed by atoms with van der Waals surface area (Å²) in [5.41, 5.74) is -1.10. The normalized spacial score (nSPS) is 11.3. The highest BCUT2D eigenvalue weighted by Crippen LogP contribution is 2.41. The molecule has 1 aromatic rings. The third-order valence-corrected chi connectivity index (χ3v) is 2.29. The molecule has 0 aliphatic rings. The quantitative estimate of drug-likeness (QED) is 0.876. The van der Waals surface area contributed by atoms with Crippen LogP contribution in [0.25, 0.3) is 0 Å². The van der Waals surface area contributed by atoms with E-state index in [1.807, 2.05) is 0 Å². The minimum Gasteiger partial charge on any atom is -0.504 e. The zero-order valence-electron chi connectivity index (χ0n) is 9.41. The summed E-state index contributed by atoms with van der Waals surface area (Å²) in [6, 6.07) is 1.91. The summed E-state index contributed by atoms with van der Waals surface area (Å²) in [6.07, 6.45) is -5.10. The van der Waals surface area contributed by atoms with Crippen molar-refractivity contribution in [2.45, 2.75) is 19.0 Å². The van der Waals surface area contributed by atoms with Gasteiger partial charge in [0.05, 0.1) is 7.11 Å². The van der Waals surface area contributed by atoms with E-state index in [0.29, 0.717) is 0 Å². The number of hydrogen-bond acceptors (Lipinski definition) is 3. The molecule has 0 bridgehead atoms. The monoisotopic (exact) mass is 264 g/mol. The number of alkyl halides is 3. The van der Waals surface area contributed by atoms with Crippen LogP contribution in [0.2, 0.25) is 0 Å². The van der Waals surface area contributed by atoms with Gasteiger partial charge in [-0.15, -0.1) is 0 Å². The van der Waals surface area contributed by atoms with Crippen molar-refractivity contribution >= 4 is 5.97 Å². The number of aromatic hydroxyl groups is 1. The van der Waals surface area contributed by atoms with Crippen molar-refractivity contribution in [2.24, 2.45) is 0 Å². The molecular weight excluding hydrogens is 253 g/mol. The zero-order chi connectivity index (χ0) is 13.9. The van der Waals surface area contributed by atoms with Crippen LogP contribution in [0.5, 0.6) is 11.5 Å². The van der Waals surface area contributed by atoms with E-state index < -0.39 is 23.5 Å². The third-order valence-electron chi connectivity index (χ3n) is 2.29. The number of methoxy groups -OCH3 is 1. The lowest BCUT2D eigenvalue weighted by Crippen LogP contribution is -2.08. The van der Waals surface area contributed by atoms with Crippen LogP contribution in [0.3, 0.4) is 0 Å². The molecule has 18 heavy (non-hydrogen) atoms. The number of hydrogen-bond donors (Lipinski definition) is 2. The predicted molar refractivity (Wildman–Crippen MR) is 55.6 cm³/mol. The molecule has 0 fully saturated rings. The standard InChI is InChI=1S/C11H11F3O4/c1-18-8-5-6(2-3-9(15)16)4-7(10(8)17)11(12,13)14/h4-5,17H,2-3H2,1H3,(H,15,16). The van der Waals surface area contributed by atoms with Crippen molar-refractivity contribution in [1.82, 2.24) is 0 Å². The first-order valence-electron chi connectivity index (χ1n) is 4.94. The van der Waals surface area contributed by atoms with Crippen molar-refractivity contribution in [3.63, 3.8) is 0 Å². The molecule has 0 aliphatic heterocycles. The summed E-state index contributed by atoms with van der Waals surface area (Å²) < 4.78 is 42.5. The Balaban J connectivity index is 3.18. The number of halogens is 3. The molecule has 0 aromatic heterocycles. The van der Waals surface area contributed by atoms with Crippen molar-refractivity contribution < 1.29 is 32.9 Å². The van der Waals surface area contributed by atoms with E-state index in [9.17, 15) is 23.1 Å². The second kappa shape index (κ2) is 5.16. The van der Waals surface area contributed by atoms with E-state index in [1.165, 1.54) is 6.07 Å². The van der Waals surface area contributed by atoms with Crippen LogP contribution in [0.4, 0.5) is 13.2 Å². The molecule has 0 saturated heterocycles. The van der Waals surface area contributed by atoms with Gasteiger partial charge in [0, 0.05) is 6.42 Å². The van der Waals surface area contributed by atoms with Gasteiger partial charge in [-0.25, -0.2) is 0 Å². The largest absolute Gasteiger partial charge is 0.504 e. The Morgan fingerprint density at radius 2 is 2.00 bits per heavy atom. The van der Waals surface area contributed by atoms with Crippen LogP contribution in [0.15, 0.2) is 12.1 Å². The maximum atomic E-state index is 12.6. The Kier molecular flexibility index (Phi) is 4.05. The number of carboxylic acid groups (broad SMARTS) is 1. The lowest BCUT2D eigenvalue weighted by molar-refractivity contribution is -0.139. The third kappa shape index (κ3) is 3.28. The zero-order valence-corrected chi connectivity index (χ0v) is 9.41. The van der Waals surface area contributed by atoms with Crippen molar-refractivity contribution in [1.29, 1.82) is 0 Å². The molecule has 1 rings (SSSR count). The molecule has 0 heterocycles. The van der Waals surface area contributed by atoms with Crippen LogP contribution < -0.4 is 4.74 Å². The lowest BCUT2D eigenvalue weighted by atomic mass is 10.0. The molecule has 0 atom stereocenters. The van der Waals surface area contributed by atoms with Gasteiger partial charge in [0.2, 0.25) is 0 Å². The number of rotatable bonds is 4. The van der Waals surface area contributed by atoms with Gasteiger partial charge in [-0.1, -0.05) is 0 Å². The molecule has 0 amide bonds. The number of carboxylic acids is 1. The van der Waals surface area contributed by atoms with E-state index in [2.05, 4.69) is 4.74 Å². The van der Waals surface area contributed by atoms with Crippen molar-refractivity contribution in [3.05, 3.63) is 23.3 Å². The molecule has 2 N–H and O–H groups in total. The van der Waals surface area contributed by atoms with Crippen molar-refractivity contribution in [2.75, 3.05) is 7.11 Å². The van der Waals surface area contributed by atoms with Crippen LogP contribution in [0.1, 0.15) is 17.5 Å². The number of aliphatic carboxylic acids is 1. The van der Waals surface area contributed by atoms with Gasteiger partial charge in [0.25, 0.3) is 0 Å². The van der Waals surface area contributed by atoms with Gasteiger partial charge in [-0.3, -0.25) is 4.79 Å². The first kappa shape index (κ1) is 14.1. The Bertz CT molecular complexity index is 454. The number of phenols is 1. The number of benzene rings is 1. The Morgan fingerprint density at radius 1 is 1.39 bits per heavy atom. The molecule has 0 aliphatic carbocycles. The topological polar surface area (TPSA) is 66.8 Å². The predicted octanol–water partition coefficient (Wildman–Crippen LogP) is 2.44. The minimum atomic E-state index is -4.73. The summed E-state index contributed by atoms with van der Waals surface area (Å²) >= 11 is 0. The van der Waals surface area contributed by atoms with Gasteiger partial charge < -0.3 is 14.9 Å². The molecule has 4 nitrogen and oxygen atoms in total. The fraction of sp³-hybridized carbons (Fsp3) is 0.364.